The van der Waals surface area contributed by atoms with Crippen LogP contribution in [0.4, 0.5) is 5.95 Å². The normalized spacial score (nSPS) is 23.1. The molecule has 26 heavy (non-hydrogen) atoms. The molecule has 1 aliphatic heterocycles. The quantitative estimate of drug-likeness (QED) is 0.678. The maximum Gasteiger partial charge on any atom is 0.225 e. The van der Waals surface area contributed by atoms with E-state index in [0.29, 0.717) is 12.0 Å². The molecule has 1 saturated heterocycles. The lowest BCUT2D eigenvalue weighted by Gasteiger charge is -2.36. The molecule has 2 unspecified atom stereocenters. The molecule has 1 aromatic heterocycles. The highest BCUT2D eigenvalue weighted by atomic mass is 15.4. The second kappa shape index (κ2) is 7.32. The Hall–Kier alpha value is -2.63. The summed E-state index contributed by atoms with van der Waals surface area (Å²) in [5, 5.41) is 3.67. The van der Waals surface area contributed by atoms with Crippen molar-refractivity contribution in [2.24, 2.45) is 4.99 Å². The molecule has 2 aromatic rings. The third kappa shape index (κ3) is 3.49. The highest BCUT2D eigenvalue weighted by molar-refractivity contribution is 5.81. The van der Waals surface area contributed by atoms with Crippen molar-refractivity contribution in [2.75, 3.05) is 38.1 Å². The van der Waals surface area contributed by atoms with E-state index >= 15 is 0 Å². The van der Waals surface area contributed by atoms with Crippen molar-refractivity contribution < 1.29 is 0 Å². The molecule has 2 aliphatic rings. The molecule has 136 valence electrons. The Balaban J connectivity index is 1.33. The zero-order valence-corrected chi connectivity index (χ0v) is 15.5. The van der Waals surface area contributed by atoms with Crippen LogP contribution in [0.3, 0.4) is 0 Å². The van der Waals surface area contributed by atoms with E-state index in [-0.39, 0.29) is 0 Å². The van der Waals surface area contributed by atoms with E-state index in [2.05, 4.69) is 61.3 Å². The van der Waals surface area contributed by atoms with Gasteiger partial charge in [-0.15, -0.1) is 0 Å². The zero-order chi connectivity index (χ0) is 17.9. The van der Waals surface area contributed by atoms with Gasteiger partial charge in [-0.1, -0.05) is 24.3 Å². The Morgan fingerprint density at radius 1 is 1.08 bits per heavy atom. The molecule has 0 radical (unpaired) electrons. The van der Waals surface area contributed by atoms with E-state index < -0.39 is 0 Å². The molecular formula is C20H26N6. The topological polar surface area (TPSA) is 56.7 Å². The van der Waals surface area contributed by atoms with Crippen LogP contribution in [0.25, 0.3) is 0 Å². The molecule has 6 nitrogen and oxygen atoms in total. The van der Waals surface area contributed by atoms with Gasteiger partial charge in [-0.3, -0.25) is 4.99 Å². The van der Waals surface area contributed by atoms with Gasteiger partial charge in [-0.05, 0) is 30.5 Å². The number of hydrogen-bond acceptors (Lipinski definition) is 4. The number of piperazine rings is 1. The van der Waals surface area contributed by atoms with Gasteiger partial charge in [0.25, 0.3) is 0 Å². The molecule has 1 aromatic carbocycles. The van der Waals surface area contributed by atoms with Crippen molar-refractivity contribution in [3.63, 3.8) is 0 Å². The van der Waals surface area contributed by atoms with Gasteiger partial charge in [0.15, 0.2) is 5.96 Å². The second-order valence-corrected chi connectivity index (χ2v) is 7.02. The number of aryl methyl sites for hydroxylation is 1. The van der Waals surface area contributed by atoms with Gasteiger partial charge in [0.05, 0.1) is 0 Å². The third-order valence-electron chi connectivity index (χ3n) is 5.32. The minimum absolute atomic E-state index is 0.491. The molecule has 1 N–H and O–H groups in total. The van der Waals surface area contributed by atoms with E-state index in [1.807, 2.05) is 13.1 Å². The third-order valence-corrected chi connectivity index (χ3v) is 5.32. The number of benzene rings is 1. The van der Waals surface area contributed by atoms with E-state index in [4.69, 9.17) is 0 Å². The first-order chi connectivity index (χ1) is 12.8. The lowest BCUT2D eigenvalue weighted by atomic mass is 10.0. The van der Waals surface area contributed by atoms with E-state index in [1.165, 1.54) is 17.5 Å². The summed E-state index contributed by atoms with van der Waals surface area (Å²) in [6.45, 7) is 5.89. The van der Waals surface area contributed by atoms with Crippen LogP contribution in [-0.4, -0.2) is 60.1 Å². The monoisotopic (exact) mass is 350 g/mol. The van der Waals surface area contributed by atoms with Gasteiger partial charge < -0.3 is 15.1 Å². The Bertz CT molecular complexity index is 767. The summed E-state index contributed by atoms with van der Waals surface area (Å²) in [7, 11) is 1.88. The summed E-state index contributed by atoms with van der Waals surface area (Å²) in [5.41, 5.74) is 2.85. The Morgan fingerprint density at radius 2 is 1.81 bits per heavy atom. The van der Waals surface area contributed by atoms with Crippen LogP contribution < -0.4 is 10.2 Å². The molecule has 4 rings (SSSR count). The predicted octanol–water partition coefficient (Wildman–Crippen LogP) is 2.04. The molecule has 1 aliphatic carbocycles. The largest absolute Gasteiger partial charge is 0.353 e. The molecular weight excluding hydrogens is 324 g/mol. The molecule has 0 amide bonds. The minimum atomic E-state index is 0.491. The molecule has 1 saturated carbocycles. The highest BCUT2D eigenvalue weighted by Crippen LogP contribution is 2.42. The van der Waals surface area contributed by atoms with Gasteiger partial charge in [0.2, 0.25) is 5.95 Å². The number of hydrogen-bond donors (Lipinski definition) is 1. The molecule has 2 fully saturated rings. The Kier molecular flexibility index (Phi) is 4.73. The number of aromatic nitrogens is 2. The lowest BCUT2D eigenvalue weighted by molar-refractivity contribution is 0.369. The van der Waals surface area contributed by atoms with Crippen LogP contribution in [0.5, 0.6) is 0 Å². The molecule has 0 spiro atoms. The van der Waals surface area contributed by atoms with E-state index in [0.717, 1.165) is 38.1 Å². The molecule has 2 heterocycles. The number of anilines is 1. The average Bonchev–Trinajstić information content (AvgIpc) is 3.46. The number of nitrogens with one attached hydrogen (secondary N) is 1. The fourth-order valence-electron chi connectivity index (χ4n) is 3.74. The fraction of sp³-hybridized carbons (Fsp3) is 0.450. The van der Waals surface area contributed by atoms with E-state index in [1.54, 1.807) is 12.4 Å². The minimum Gasteiger partial charge on any atom is -0.353 e. The smallest absolute Gasteiger partial charge is 0.225 e. The Morgan fingerprint density at radius 3 is 2.50 bits per heavy atom. The summed E-state index contributed by atoms with van der Waals surface area (Å²) in [6.07, 6.45) is 4.78. The summed E-state index contributed by atoms with van der Waals surface area (Å²) >= 11 is 0. The van der Waals surface area contributed by atoms with Gasteiger partial charge in [-0.2, -0.15) is 0 Å². The number of rotatable bonds is 3. The predicted molar refractivity (Wildman–Crippen MR) is 105 cm³/mol. The van der Waals surface area contributed by atoms with E-state index in [9.17, 15) is 0 Å². The van der Waals surface area contributed by atoms with Crippen molar-refractivity contribution >= 4 is 11.9 Å². The number of guanidine groups is 1. The van der Waals surface area contributed by atoms with Crippen molar-refractivity contribution in [3.8, 4) is 0 Å². The first-order valence-electron chi connectivity index (χ1n) is 9.32. The van der Waals surface area contributed by atoms with Gasteiger partial charge in [0.1, 0.15) is 0 Å². The number of aliphatic imine (C=N–C) groups is 1. The van der Waals surface area contributed by atoms with Gasteiger partial charge in [0, 0.05) is 57.6 Å². The van der Waals surface area contributed by atoms with Crippen LogP contribution >= 0.6 is 0 Å². The van der Waals surface area contributed by atoms with Crippen LogP contribution in [-0.2, 0) is 0 Å². The van der Waals surface area contributed by atoms with Crippen molar-refractivity contribution in [1.29, 1.82) is 0 Å². The average molecular weight is 350 g/mol. The van der Waals surface area contributed by atoms with Crippen LogP contribution in [0.2, 0.25) is 0 Å². The maximum atomic E-state index is 4.52. The maximum absolute atomic E-state index is 4.52. The fourth-order valence-corrected chi connectivity index (χ4v) is 3.74. The highest BCUT2D eigenvalue weighted by Gasteiger charge is 2.40. The van der Waals surface area contributed by atoms with Crippen molar-refractivity contribution in [2.45, 2.75) is 25.3 Å². The first kappa shape index (κ1) is 16.8. The standard InChI is InChI=1S/C20H26N6/c1-15-6-3-4-7-16(15)17-14-18(17)24-19(21-2)25-10-12-26(13-11-25)20-22-8-5-9-23-20/h3-9,17-18H,10-14H2,1-2H3,(H,21,24). The summed E-state index contributed by atoms with van der Waals surface area (Å²) < 4.78 is 0. The SMILES string of the molecule is CN=C(NC1CC1c1ccccc1C)N1CCN(c2ncccn2)CC1. The van der Waals surface area contributed by atoms with Gasteiger partial charge >= 0.3 is 0 Å². The second-order valence-electron chi connectivity index (χ2n) is 7.02. The Labute approximate surface area is 155 Å². The van der Waals surface area contributed by atoms with Crippen LogP contribution in [0.15, 0.2) is 47.7 Å². The molecule has 0 bridgehead atoms. The van der Waals surface area contributed by atoms with Gasteiger partial charge in [-0.25, -0.2) is 9.97 Å². The lowest BCUT2D eigenvalue weighted by Crippen LogP contribution is -2.53. The van der Waals surface area contributed by atoms with Crippen LogP contribution in [0.1, 0.15) is 23.5 Å². The zero-order valence-electron chi connectivity index (χ0n) is 15.5. The number of nitrogens with zero attached hydrogens (tertiary/aromatic N) is 5. The molecule has 2 atom stereocenters. The summed E-state index contributed by atoms with van der Waals surface area (Å²) in [5.74, 6) is 2.43. The molecule has 6 heteroatoms. The van der Waals surface area contributed by atoms with Crippen molar-refractivity contribution in [3.05, 3.63) is 53.9 Å². The summed E-state index contributed by atoms with van der Waals surface area (Å²) in [6, 6.07) is 11.0. The van der Waals surface area contributed by atoms with Crippen LogP contribution in [0, 0.1) is 6.92 Å². The summed E-state index contributed by atoms with van der Waals surface area (Å²) in [4.78, 5) is 17.8. The van der Waals surface area contributed by atoms with Crippen molar-refractivity contribution in [1.82, 2.24) is 20.2 Å². The first-order valence-corrected chi connectivity index (χ1v) is 9.32.